The molecule has 1 aromatic carbocycles. The van der Waals surface area contributed by atoms with Crippen molar-refractivity contribution < 1.29 is 21.9 Å². The smallest absolute Gasteiger partial charge is 0.387 e. The van der Waals surface area contributed by atoms with E-state index in [0.717, 1.165) is 6.20 Å². The molecule has 0 saturated heterocycles. The van der Waals surface area contributed by atoms with Crippen LogP contribution in [0.3, 0.4) is 0 Å². The quantitative estimate of drug-likeness (QED) is 0.879. The number of nitrogens with one attached hydrogen (secondary N) is 2. The molecule has 102 valence electrons. The molecule has 0 aliphatic carbocycles. The average molecular weight is 289 g/mol. The Labute approximate surface area is 107 Å². The summed E-state index contributed by atoms with van der Waals surface area (Å²) in [6, 6.07) is 5.49. The maximum atomic E-state index is 12.2. The fraction of sp³-hybridized carbons (Fsp3) is 0.100. The Hall–Kier alpha value is -2.16. The molecule has 19 heavy (non-hydrogen) atoms. The molecule has 2 aromatic rings. The van der Waals surface area contributed by atoms with Gasteiger partial charge in [0.25, 0.3) is 10.0 Å². The summed E-state index contributed by atoms with van der Waals surface area (Å²) >= 11 is 0. The Morgan fingerprint density at radius 3 is 2.68 bits per heavy atom. The van der Waals surface area contributed by atoms with E-state index in [4.69, 9.17) is 0 Å². The summed E-state index contributed by atoms with van der Waals surface area (Å²) in [4.78, 5) is -0.112. The monoisotopic (exact) mass is 289 g/mol. The number of para-hydroxylation sites is 2. The summed E-state index contributed by atoms with van der Waals surface area (Å²) in [6.45, 7) is -3.04. The molecule has 2 rings (SSSR count). The molecule has 1 aromatic heterocycles. The summed E-state index contributed by atoms with van der Waals surface area (Å²) in [5, 5.41) is 5.85. The summed E-state index contributed by atoms with van der Waals surface area (Å²) in [5.41, 5.74) is -0.0796. The molecule has 0 bridgehead atoms. The van der Waals surface area contributed by atoms with E-state index < -0.39 is 16.6 Å². The number of aromatic nitrogens is 2. The van der Waals surface area contributed by atoms with E-state index in [1.54, 1.807) is 0 Å². The zero-order chi connectivity index (χ0) is 13.9. The minimum absolute atomic E-state index is 0.0796. The lowest BCUT2D eigenvalue weighted by molar-refractivity contribution is -0.0493. The number of alkyl halides is 2. The molecule has 0 saturated carbocycles. The fourth-order valence-electron chi connectivity index (χ4n) is 1.34. The van der Waals surface area contributed by atoms with Crippen molar-refractivity contribution in [3.63, 3.8) is 0 Å². The second kappa shape index (κ2) is 5.22. The molecule has 0 atom stereocenters. The molecule has 0 aliphatic rings. The van der Waals surface area contributed by atoms with E-state index in [1.165, 1.54) is 30.5 Å². The third kappa shape index (κ3) is 3.19. The lowest BCUT2D eigenvalue weighted by Gasteiger charge is -2.11. The number of ether oxygens (including phenoxy) is 1. The number of rotatable bonds is 5. The number of benzene rings is 1. The summed E-state index contributed by atoms with van der Waals surface area (Å²) in [5.74, 6) is -0.260. The van der Waals surface area contributed by atoms with Crippen LogP contribution in [-0.2, 0) is 10.0 Å². The predicted molar refractivity (Wildman–Crippen MR) is 62.5 cm³/mol. The maximum Gasteiger partial charge on any atom is 0.387 e. The van der Waals surface area contributed by atoms with E-state index in [1.807, 2.05) is 0 Å². The van der Waals surface area contributed by atoms with Crippen LogP contribution >= 0.6 is 0 Å². The number of halogens is 2. The first-order valence-electron chi connectivity index (χ1n) is 5.04. The van der Waals surface area contributed by atoms with Crippen LogP contribution in [0.1, 0.15) is 0 Å². The van der Waals surface area contributed by atoms with Gasteiger partial charge in [0.2, 0.25) is 0 Å². The van der Waals surface area contributed by atoms with Crippen molar-refractivity contribution in [3.8, 4) is 5.75 Å². The van der Waals surface area contributed by atoms with Gasteiger partial charge in [0.1, 0.15) is 10.6 Å². The molecule has 9 heteroatoms. The second-order valence-corrected chi connectivity index (χ2v) is 5.10. The maximum absolute atomic E-state index is 12.2. The summed E-state index contributed by atoms with van der Waals surface area (Å²) < 4.78 is 54.5. The fourth-order valence-corrected chi connectivity index (χ4v) is 2.31. The van der Waals surface area contributed by atoms with Crippen molar-refractivity contribution in [2.45, 2.75) is 11.5 Å². The Morgan fingerprint density at radius 2 is 2.05 bits per heavy atom. The van der Waals surface area contributed by atoms with Crippen molar-refractivity contribution >= 4 is 15.7 Å². The van der Waals surface area contributed by atoms with Crippen molar-refractivity contribution in [1.82, 2.24) is 10.2 Å². The van der Waals surface area contributed by atoms with Gasteiger partial charge in [-0.3, -0.25) is 9.82 Å². The Bertz CT molecular complexity index is 644. The number of nitrogens with zero attached hydrogens (tertiary/aromatic N) is 1. The van der Waals surface area contributed by atoms with Gasteiger partial charge in [0.05, 0.1) is 11.9 Å². The SMILES string of the molecule is O=S(=O)(Nc1ccccc1OC(F)F)c1cn[nH]c1. The number of hydrogen-bond acceptors (Lipinski definition) is 4. The third-order valence-electron chi connectivity index (χ3n) is 2.13. The Kier molecular flexibility index (Phi) is 3.65. The Balaban J connectivity index is 2.29. The van der Waals surface area contributed by atoms with Gasteiger partial charge >= 0.3 is 6.61 Å². The van der Waals surface area contributed by atoms with Crippen LogP contribution in [0.25, 0.3) is 0 Å². The first kappa shape index (κ1) is 13.3. The van der Waals surface area contributed by atoms with Crippen LogP contribution in [-0.4, -0.2) is 25.2 Å². The van der Waals surface area contributed by atoms with Gasteiger partial charge in [-0.25, -0.2) is 8.42 Å². The molecule has 0 aliphatic heterocycles. The number of sulfonamides is 1. The second-order valence-electron chi connectivity index (χ2n) is 3.41. The van der Waals surface area contributed by atoms with Crippen LogP contribution in [0.15, 0.2) is 41.6 Å². The molecule has 0 fully saturated rings. The number of aromatic amines is 1. The highest BCUT2D eigenvalue weighted by Gasteiger charge is 2.18. The lowest BCUT2D eigenvalue weighted by atomic mass is 10.3. The van der Waals surface area contributed by atoms with Crippen molar-refractivity contribution in [2.24, 2.45) is 0 Å². The molecular weight excluding hydrogens is 280 g/mol. The third-order valence-corrected chi connectivity index (χ3v) is 3.46. The van der Waals surface area contributed by atoms with Crippen molar-refractivity contribution in [1.29, 1.82) is 0 Å². The highest BCUT2D eigenvalue weighted by atomic mass is 32.2. The molecule has 2 N–H and O–H groups in total. The van der Waals surface area contributed by atoms with Gasteiger partial charge in [-0.2, -0.15) is 13.9 Å². The van der Waals surface area contributed by atoms with Crippen molar-refractivity contribution in [2.75, 3.05) is 4.72 Å². The van der Waals surface area contributed by atoms with Crippen LogP contribution < -0.4 is 9.46 Å². The topological polar surface area (TPSA) is 84.1 Å². The van der Waals surface area contributed by atoms with Crippen LogP contribution in [0, 0.1) is 0 Å². The van der Waals surface area contributed by atoms with Crippen LogP contribution in [0.5, 0.6) is 5.75 Å². The van der Waals surface area contributed by atoms with Crippen LogP contribution in [0.4, 0.5) is 14.5 Å². The molecule has 1 heterocycles. The molecule has 0 radical (unpaired) electrons. The van der Waals surface area contributed by atoms with E-state index in [2.05, 4.69) is 19.7 Å². The van der Waals surface area contributed by atoms with Gasteiger partial charge in [-0.15, -0.1) is 0 Å². The zero-order valence-electron chi connectivity index (χ0n) is 9.38. The van der Waals surface area contributed by atoms with Gasteiger partial charge < -0.3 is 4.74 Å². The molecular formula is C10H9F2N3O3S. The highest BCUT2D eigenvalue weighted by molar-refractivity contribution is 7.92. The van der Waals surface area contributed by atoms with Gasteiger partial charge in [-0.1, -0.05) is 12.1 Å². The van der Waals surface area contributed by atoms with E-state index >= 15 is 0 Å². The van der Waals surface area contributed by atoms with E-state index in [-0.39, 0.29) is 16.3 Å². The standard InChI is InChI=1S/C10H9F2N3O3S/c11-10(12)18-9-4-2-1-3-8(9)15-19(16,17)7-5-13-14-6-7/h1-6,10,15H,(H,13,14). The van der Waals surface area contributed by atoms with E-state index in [0.29, 0.717) is 0 Å². The zero-order valence-corrected chi connectivity index (χ0v) is 10.2. The molecule has 0 unspecified atom stereocenters. The minimum Gasteiger partial charge on any atom is -0.433 e. The summed E-state index contributed by atoms with van der Waals surface area (Å²) in [6.07, 6.45) is 2.26. The van der Waals surface area contributed by atoms with Gasteiger partial charge in [0.15, 0.2) is 0 Å². The number of hydrogen-bond donors (Lipinski definition) is 2. The molecule has 6 nitrogen and oxygen atoms in total. The predicted octanol–water partition coefficient (Wildman–Crippen LogP) is 1.81. The molecule has 0 amide bonds. The highest BCUT2D eigenvalue weighted by Crippen LogP contribution is 2.27. The average Bonchev–Trinajstić information content (AvgIpc) is 2.85. The largest absolute Gasteiger partial charge is 0.433 e. The van der Waals surface area contributed by atoms with Crippen molar-refractivity contribution in [3.05, 3.63) is 36.7 Å². The number of anilines is 1. The lowest BCUT2D eigenvalue weighted by Crippen LogP contribution is -2.14. The molecule has 0 spiro atoms. The first-order chi connectivity index (χ1) is 8.99. The minimum atomic E-state index is -3.90. The van der Waals surface area contributed by atoms with Crippen LogP contribution in [0.2, 0.25) is 0 Å². The number of H-pyrrole nitrogens is 1. The Morgan fingerprint density at radius 1 is 1.32 bits per heavy atom. The first-order valence-corrected chi connectivity index (χ1v) is 6.53. The van der Waals surface area contributed by atoms with Gasteiger partial charge in [0, 0.05) is 6.20 Å². The van der Waals surface area contributed by atoms with Gasteiger partial charge in [-0.05, 0) is 12.1 Å². The summed E-state index contributed by atoms with van der Waals surface area (Å²) in [7, 11) is -3.90. The normalized spacial score (nSPS) is 11.5. The van der Waals surface area contributed by atoms with E-state index in [9.17, 15) is 17.2 Å².